The third kappa shape index (κ3) is 36.0. The summed E-state index contributed by atoms with van der Waals surface area (Å²) in [5.74, 6) is 15.7. The molecule has 0 heterocycles. The lowest BCUT2D eigenvalue weighted by Gasteiger charge is -2.33. The molecule has 0 radical (unpaired) electrons. The standard InChI is InChI=1S/C90H176/c1-13-45-76(46-14-2)82-57-27-25-55-81(75(23-11)24-12)56-26-28-58-83(77(47-15-3)48-16-4)64-34-38-68-87(67-37-33-63-82)89-71-41-43-73-90(74-44-42-72-89)88-69-39-35-65-85(79(51-19-7)52-20-8)61-31-29-59-84(78(49-17-5)50-18-6)60-30-32-62-86(66-36-40-70-88)80(53-21-9)54-22-10/h75-90H,13-74H2,1-12H3. The molecule has 90 heavy (non-hydrogen) atoms. The van der Waals surface area contributed by atoms with Crippen LogP contribution in [0.1, 0.15) is 481 Å². The van der Waals surface area contributed by atoms with Crippen molar-refractivity contribution in [2.24, 2.45) is 94.7 Å². The molecule has 0 aromatic heterocycles. The highest BCUT2D eigenvalue weighted by molar-refractivity contribution is 4.82. The zero-order valence-corrected chi connectivity index (χ0v) is 65.1. The van der Waals surface area contributed by atoms with Crippen LogP contribution in [0.25, 0.3) is 0 Å². The van der Waals surface area contributed by atoms with Gasteiger partial charge in [0.2, 0.25) is 0 Å². The molecular formula is C90H176. The van der Waals surface area contributed by atoms with Crippen LogP contribution >= 0.6 is 0 Å². The van der Waals surface area contributed by atoms with E-state index in [1.54, 1.807) is 51.4 Å². The molecule has 0 aromatic carbocycles. The summed E-state index contributed by atoms with van der Waals surface area (Å²) in [6, 6.07) is 0. The highest BCUT2D eigenvalue weighted by Gasteiger charge is 2.30. The molecule has 0 bridgehead atoms. The average Bonchev–Trinajstić information content (AvgIpc) is 3.61. The van der Waals surface area contributed by atoms with E-state index in [0.29, 0.717) is 0 Å². The van der Waals surface area contributed by atoms with E-state index in [1.807, 2.05) is 0 Å². The van der Waals surface area contributed by atoms with Gasteiger partial charge >= 0.3 is 0 Å². The number of hydrogen-bond acceptors (Lipinski definition) is 0. The molecule has 3 aliphatic rings. The predicted octanol–water partition coefficient (Wildman–Crippen LogP) is 32.3. The van der Waals surface area contributed by atoms with E-state index in [0.717, 1.165) is 94.7 Å². The van der Waals surface area contributed by atoms with Gasteiger partial charge in [-0.3, -0.25) is 0 Å². The van der Waals surface area contributed by atoms with Crippen molar-refractivity contribution in [3.63, 3.8) is 0 Å². The fourth-order valence-electron chi connectivity index (χ4n) is 22.0. The summed E-state index contributed by atoms with van der Waals surface area (Å²) < 4.78 is 0. The van der Waals surface area contributed by atoms with Crippen LogP contribution in [0.3, 0.4) is 0 Å². The maximum Gasteiger partial charge on any atom is -0.0386 e. The monoisotopic (exact) mass is 1260 g/mol. The number of hydrogen-bond donors (Lipinski definition) is 0. The second kappa shape index (κ2) is 57.0. The van der Waals surface area contributed by atoms with Crippen molar-refractivity contribution in [2.45, 2.75) is 481 Å². The second-order valence-electron chi connectivity index (χ2n) is 33.7. The molecule has 3 fully saturated rings. The molecule has 0 N–H and O–H groups in total. The van der Waals surface area contributed by atoms with E-state index in [2.05, 4.69) is 83.1 Å². The normalized spacial score (nSPS) is 27.8. The molecule has 0 heteroatoms. The third-order valence-electron chi connectivity index (χ3n) is 27.0. The Bertz CT molecular complexity index is 1370. The van der Waals surface area contributed by atoms with Gasteiger partial charge in [-0.2, -0.15) is 0 Å². The van der Waals surface area contributed by atoms with E-state index in [9.17, 15) is 0 Å². The summed E-state index contributed by atoms with van der Waals surface area (Å²) in [7, 11) is 0. The highest BCUT2D eigenvalue weighted by Crippen LogP contribution is 2.43. The van der Waals surface area contributed by atoms with Crippen LogP contribution in [-0.4, -0.2) is 0 Å². The average molecular weight is 1260 g/mol. The fraction of sp³-hybridized carbons (Fsp3) is 1.00. The minimum Gasteiger partial charge on any atom is -0.0654 e. The van der Waals surface area contributed by atoms with Crippen molar-refractivity contribution in [3.8, 4) is 0 Å². The lowest BCUT2D eigenvalue weighted by molar-refractivity contribution is 0.189. The molecule has 4 unspecified atom stereocenters. The summed E-state index contributed by atoms with van der Waals surface area (Å²) >= 11 is 0. The quantitative estimate of drug-likeness (QED) is 0.0672. The highest BCUT2D eigenvalue weighted by atomic mass is 14.4. The Balaban J connectivity index is 1.86. The molecule has 3 rings (SSSR count). The van der Waals surface area contributed by atoms with Crippen molar-refractivity contribution in [2.75, 3.05) is 0 Å². The molecular weight excluding hydrogens is 1080 g/mol. The Morgan fingerprint density at radius 2 is 0.267 bits per heavy atom. The molecule has 0 saturated heterocycles. The van der Waals surface area contributed by atoms with Gasteiger partial charge in [0.05, 0.1) is 0 Å². The summed E-state index contributed by atoms with van der Waals surface area (Å²) in [4.78, 5) is 0. The minimum absolute atomic E-state index is 0.951. The predicted molar refractivity (Wildman–Crippen MR) is 410 cm³/mol. The zero-order valence-electron chi connectivity index (χ0n) is 65.1. The first-order valence-corrected chi connectivity index (χ1v) is 44.2. The summed E-state index contributed by atoms with van der Waals surface area (Å²) in [6.45, 7) is 29.9. The van der Waals surface area contributed by atoms with Crippen molar-refractivity contribution in [1.82, 2.24) is 0 Å². The first-order chi connectivity index (χ1) is 44.2. The van der Waals surface area contributed by atoms with E-state index in [1.165, 1.54) is 347 Å². The molecule has 0 nitrogen and oxygen atoms in total. The molecule has 0 amide bonds. The van der Waals surface area contributed by atoms with Gasteiger partial charge in [-0.25, -0.2) is 0 Å². The molecule has 0 aromatic rings. The molecule has 536 valence electrons. The van der Waals surface area contributed by atoms with Crippen LogP contribution in [0.15, 0.2) is 0 Å². The topological polar surface area (TPSA) is 0 Å². The van der Waals surface area contributed by atoms with Crippen molar-refractivity contribution in [3.05, 3.63) is 0 Å². The summed E-state index contributed by atoms with van der Waals surface area (Å²) in [5.41, 5.74) is 0. The van der Waals surface area contributed by atoms with Crippen LogP contribution in [-0.2, 0) is 0 Å². The minimum atomic E-state index is 0.951. The molecule has 0 spiro atoms. The van der Waals surface area contributed by atoms with Crippen molar-refractivity contribution >= 4 is 0 Å². The second-order valence-corrected chi connectivity index (χ2v) is 33.7. The summed E-state index contributed by atoms with van der Waals surface area (Å²) in [6.07, 6.45) is 92.7. The van der Waals surface area contributed by atoms with E-state index < -0.39 is 0 Å². The number of rotatable bonds is 30. The van der Waals surface area contributed by atoms with Gasteiger partial charge in [0.1, 0.15) is 0 Å². The van der Waals surface area contributed by atoms with Gasteiger partial charge in [-0.1, -0.05) is 481 Å². The van der Waals surface area contributed by atoms with Crippen molar-refractivity contribution in [1.29, 1.82) is 0 Å². The van der Waals surface area contributed by atoms with Gasteiger partial charge in [-0.15, -0.1) is 0 Å². The van der Waals surface area contributed by atoms with Gasteiger partial charge < -0.3 is 0 Å². The fourth-order valence-corrected chi connectivity index (χ4v) is 22.0. The van der Waals surface area contributed by atoms with Crippen LogP contribution in [0, 0.1) is 94.7 Å². The Hall–Kier alpha value is 0. The molecule has 3 aliphatic carbocycles. The maximum atomic E-state index is 2.51. The van der Waals surface area contributed by atoms with Crippen LogP contribution in [0.2, 0.25) is 0 Å². The SMILES string of the molecule is CCCC(CCC)C1CCCCC(C(CCC)CCC)CCCCC(C2CCCCC(C3CCCCC(C(CCC)CCC)CCCCC(C(CC)CC)CCCCC(C(CCC)CCC)CCCC3)CCCC2)CCCCC(C(CCC)CCC)CCCC1. The van der Waals surface area contributed by atoms with Crippen molar-refractivity contribution < 1.29 is 0 Å². The lowest BCUT2D eigenvalue weighted by atomic mass is 9.73. The van der Waals surface area contributed by atoms with E-state index in [-0.39, 0.29) is 0 Å². The summed E-state index contributed by atoms with van der Waals surface area (Å²) in [5, 5.41) is 0. The van der Waals surface area contributed by atoms with E-state index >= 15 is 0 Å². The smallest absolute Gasteiger partial charge is 0.0386 e. The van der Waals surface area contributed by atoms with Gasteiger partial charge in [0.25, 0.3) is 0 Å². The van der Waals surface area contributed by atoms with Gasteiger partial charge in [0, 0.05) is 0 Å². The van der Waals surface area contributed by atoms with E-state index in [4.69, 9.17) is 0 Å². The first-order valence-electron chi connectivity index (χ1n) is 44.2. The maximum absolute atomic E-state index is 2.51. The van der Waals surface area contributed by atoms with Gasteiger partial charge in [0.15, 0.2) is 0 Å². The Morgan fingerprint density at radius 3 is 0.378 bits per heavy atom. The van der Waals surface area contributed by atoms with Gasteiger partial charge in [-0.05, 0) is 94.7 Å². The third-order valence-corrected chi connectivity index (χ3v) is 27.0. The van der Waals surface area contributed by atoms with Crippen LogP contribution in [0.5, 0.6) is 0 Å². The van der Waals surface area contributed by atoms with Crippen LogP contribution < -0.4 is 0 Å². The lowest BCUT2D eigenvalue weighted by Crippen LogP contribution is -2.20. The molecule has 4 atom stereocenters. The largest absolute Gasteiger partial charge is 0.0654 e. The Morgan fingerprint density at radius 1 is 0.156 bits per heavy atom. The first kappa shape index (κ1) is 84.2. The van der Waals surface area contributed by atoms with Crippen LogP contribution in [0.4, 0.5) is 0 Å². The zero-order chi connectivity index (χ0) is 65.1. The Labute approximate surface area is 572 Å². The molecule has 3 saturated carbocycles. The Kier molecular flexibility index (Phi) is 53.3. The molecule has 0 aliphatic heterocycles.